The Kier molecular flexibility index (Phi) is 3.00. The Labute approximate surface area is 121 Å². The van der Waals surface area contributed by atoms with E-state index in [1.165, 1.54) is 9.53 Å². The number of carbonyl (C=O) groups is 2. The third kappa shape index (κ3) is 2.09. The van der Waals surface area contributed by atoms with Crippen molar-refractivity contribution in [1.82, 2.24) is 24.7 Å². The molecule has 0 aliphatic carbocycles. The summed E-state index contributed by atoms with van der Waals surface area (Å²) in [5, 5.41) is 9.29. The number of hydrogen-bond donors (Lipinski definition) is 0. The van der Waals surface area contributed by atoms with E-state index in [1.807, 2.05) is 13.8 Å². The van der Waals surface area contributed by atoms with Crippen LogP contribution < -0.4 is 5.22 Å². The van der Waals surface area contributed by atoms with Crippen molar-refractivity contribution in [3.05, 3.63) is 16.7 Å². The maximum Gasteiger partial charge on any atom is 0.232 e. The Balaban J connectivity index is 1.84. The second-order valence-corrected chi connectivity index (χ2v) is 5.70. The van der Waals surface area contributed by atoms with Crippen molar-refractivity contribution in [3.63, 3.8) is 0 Å². The third-order valence-corrected chi connectivity index (χ3v) is 3.93. The summed E-state index contributed by atoms with van der Waals surface area (Å²) in [6.45, 7) is 9.74. The minimum Gasteiger partial charge on any atom is -0.282 e. The number of aromatic nitrogens is 4. The van der Waals surface area contributed by atoms with Crippen LogP contribution in [0, 0.1) is 12.8 Å². The molecule has 0 N–H and O–H groups in total. The van der Waals surface area contributed by atoms with Gasteiger partial charge < -0.3 is 0 Å². The van der Waals surface area contributed by atoms with E-state index in [1.54, 1.807) is 6.92 Å². The minimum absolute atomic E-state index is 0.114. The molecule has 1 fully saturated rings. The molecule has 0 spiro atoms. The number of imide groups is 1. The maximum absolute atomic E-state index is 11.9. The molecule has 2 aromatic rings. The lowest BCUT2D eigenvalue weighted by Gasteiger charge is -2.17. The number of nitrogens with zero attached hydrogens (tertiary/aromatic N) is 5. The van der Waals surface area contributed by atoms with Gasteiger partial charge in [-0.2, -0.15) is 5.10 Å². The zero-order valence-corrected chi connectivity index (χ0v) is 12.3. The van der Waals surface area contributed by atoms with Crippen molar-refractivity contribution < 1.29 is 9.59 Å². The molecule has 0 saturated carbocycles. The van der Waals surface area contributed by atoms with Crippen LogP contribution in [-0.4, -0.2) is 43.1 Å². The van der Waals surface area contributed by atoms with E-state index in [0.29, 0.717) is 24.4 Å². The monoisotopic (exact) mass is 287 g/mol. The van der Waals surface area contributed by atoms with Gasteiger partial charge in [0.1, 0.15) is 0 Å². The molecule has 0 bridgehead atoms. The number of rotatable bonds is 3. The number of likely N-dealkylation sites (tertiary alicyclic amines) is 1. The molecule has 3 heterocycles. The fourth-order valence-corrected chi connectivity index (χ4v) is 2.55. The highest BCUT2D eigenvalue weighted by Gasteiger charge is 2.36. The molecule has 3 rings (SSSR count). The zero-order valence-electron chi connectivity index (χ0n) is 12.3. The van der Waals surface area contributed by atoms with E-state index in [9.17, 15) is 9.59 Å². The molecule has 1 aliphatic rings. The number of carbonyl (C=O) groups excluding carboxylic acids is 2. The highest BCUT2D eigenvalue weighted by atomic mass is 16.2. The highest BCUT2D eigenvalue weighted by Crippen LogP contribution is 2.22. The molecule has 1 aliphatic heterocycles. The molecule has 2 aromatic heterocycles. The summed E-state index contributed by atoms with van der Waals surface area (Å²) in [6, 6.07) is 0. The number of aryl methyl sites for hydroxylation is 1. The van der Waals surface area contributed by atoms with Gasteiger partial charge in [0, 0.05) is 30.0 Å². The molecular formula is C14H17N5O2. The number of amides is 2. The average molecular weight is 287 g/mol. The summed E-state index contributed by atoms with van der Waals surface area (Å²) in [5.41, 5.74) is 1.42. The van der Waals surface area contributed by atoms with Crippen LogP contribution in [0.15, 0.2) is 0 Å². The summed E-state index contributed by atoms with van der Waals surface area (Å²) in [5.74, 6) is -0.0231. The van der Waals surface area contributed by atoms with E-state index >= 15 is 0 Å². The van der Waals surface area contributed by atoms with Crippen molar-refractivity contribution in [1.29, 1.82) is 0 Å². The van der Waals surface area contributed by atoms with Gasteiger partial charge in [0.25, 0.3) is 0 Å². The van der Waals surface area contributed by atoms with Crippen LogP contribution in [0.4, 0.5) is 0 Å². The topological polar surface area (TPSA) is 80.5 Å². The molecule has 0 aromatic carbocycles. The fraction of sp³-hybridized carbons (Fsp3) is 0.500. The van der Waals surface area contributed by atoms with Gasteiger partial charge in [-0.1, -0.05) is 20.4 Å². The van der Waals surface area contributed by atoms with Crippen LogP contribution in [-0.2, 0) is 9.59 Å². The predicted molar refractivity (Wildman–Crippen MR) is 75.2 cm³/mol. The van der Waals surface area contributed by atoms with Gasteiger partial charge >= 0.3 is 0 Å². The second-order valence-electron chi connectivity index (χ2n) is 5.70. The van der Waals surface area contributed by atoms with Crippen molar-refractivity contribution >= 4 is 24.0 Å². The smallest absolute Gasteiger partial charge is 0.232 e. The Bertz CT molecular complexity index is 781. The molecule has 7 nitrogen and oxygen atoms in total. The predicted octanol–water partition coefficient (Wildman–Crippen LogP) is 0.0604. The largest absolute Gasteiger partial charge is 0.282 e. The van der Waals surface area contributed by atoms with E-state index in [4.69, 9.17) is 0 Å². The summed E-state index contributed by atoms with van der Waals surface area (Å²) in [7, 11) is 0. The molecule has 2 atom stereocenters. The Hall–Kier alpha value is -2.31. The zero-order chi connectivity index (χ0) is 15.3. The van der Waals surface area contributed by atoms with Gasteiger partial charge in [-0.25, -0.2) is 4.98 Å². The van der Waals surface area contributed by atoms with Gasteiger partial charge in [-0.3, -0.25) is 14.5 Å². The van der Waals surface area contributed by atoms with Gasteiger partial charge in [0.15, 0.2) is 11.5 Å². The van der Waals surface area contributed by atoms with Crippen LogP contribution in [0.1, 0.15) is 37.7 Å². The van der Waals surface area contributed by atoms with Gasteiger partial charge in [0.2, 0.25) is 11.8 Å². The molecule has 2 unspecified atom stereocenters. The van der Waals surface area contributed by atoms with Gasteiger partial charge in [-0.15, -0.1) is 9.73 Å². The molecule has 2 amide bonds. The van der Waals surface area contributed by atoms with Crippen LogP contribution in [0.2, 0.25) is 0 Å². The Morgan fingerprint density at radius 3 is 2.67 bits per heavy atom. The van der Waals surface area contributed by atoms with Crippen molar-refractivity contribution in [2.45, 2.75) is 33.1 Å². The van der Waals surface area contributed by atoms with Gasteiger partial charge in [-0.05, 0) is 6.92 Å². The SMILES string of the molecule is C=c1c(C)nn2nc(C(C)CN3C(=O)CC(C)C3=O)nc12. The van der Waals surface area contributed by atoms with Crippen LogP contribution in [0.3, 0.4) is 0 Å². The average Bonchev–Trinajstić information content (AvgIpc) is 3.02. The lowest BCUT2D eigenvalue weighted by molar-refractivity contribution is -0.139. The van der Waals surface area contributed by atoms with E-state index in [0.717, 1.165) is 10.9 Å². The fourth-order valence-electron chi connectivity index (χ4n) is 2.55. The summed E-state index contributed by atoms with van der Waals surface area (Å²) < 4.78 is 1.46. The van der Waals surface area contributed by atoms with Crippen LogP contribution >= 0.6 is 0 Å². The van der Waals surface area contributed by atoms with Crippen molar-refractivity contribution in [2.75, 3.05) is 6.54 Å². The lowest BCUT2D eigenvalue weighted by atomic mass is 10.1. The van der Waals surface area contributed by atoms with E-state index < -0.39 is 0 Å². The summed E-state index contributed by atoms with van der Waals surface area (Å²) in [6.07, 6.45) is 0.291. The molecule has 110 valence electrons. The quantitative estimate of drug-likeness (QED) is 0.746. The number of hydrogen-bond acceptors (Lipinski definition) is 5. The Morgan fingerprint density at radius 1 is 1.38 bits per heavy atom. The molecule has 21 heavy (non-hydrogen) atoms. The lowest BCUT2D eigenvalue weighted by Crippen LogP contribution is -2.34. The standard InChI is InChI=1S/C14H17N5O2/c1-7-5-11(20)18(14(7)21)6-8(2)12-15-13-9(3)10(4)16-19(13)17-12/h7-8H,3,5-6H2,1-2,4H3. The maximum atomic E-state index is 11.9. The normalized spacial score (nSPS) is 20.7. The van der Waals surface area contributed by atoms with E-state index in [2.05, 4.69) is 21.8 Å². The van der Waals surface area contributed by atoms with Crippen LogP contribution in [0.5, 0.6) is 0 Å². The first kappa shape index (κ1) is 13.7. The third-order valence-electron chi connectivity index (χ3n) is 3.93. The van der Waals surface area contributed by atoms with Crippen molar-refractivity contribution in [2.24, 2.45) is 5.92 Å². The second kappa shape index (κ2) is 4.61. The first-order chi connectivity index (χ1) is 9.88. The van der Waals surface area contributed by atoms with Crippen LogP contribution in [0.25, 0.3) is 12.2 Å². The molecule has 7 heteroatoms. The molecule has 1 saturated heterocycles. The molecule has 0 radical (unpaired) electrons. The van der Waals surface area contributed by atoms with Gasteiger partial charge in [0.05, 0.1) is 5.69 Å². The summed E-state index contributed by atoms with van der Waals surface area (Å²) in [4.78, 5) is 29.5. The molecular weight excluding hydrogens is 270 g/mol. The Morgan fingerprint density at radius 2 is 2.10 bits per heavy atom. The summed E-state index contributed by atoms with van der Waals surface area (Å²) >= 11 is 0. The first-order valence-electron chi connectivity index (χ1n) is 6.95. The minimum atomic E-state index is -0.225. The van der Waals surface area contributed by atoms with E-state index in [-0.39, 0.29) is 23.7 Å². The first-order valence-corrected chi connectivity index (χ1v) is 6.95. The highest BCUT2D eigenvalue weighted by molar-refractivity contribution is 6.03. The van der Waals surface area contributed by atoms with Crippen molar-refractivity contribution in [3.8, 4) is 0 Å². The number of fused-ring (bicyclic) bond motifs is 1.